The van der Waals surface area contributed by atoms with Crippen molar-refractivity contribution in [2.75, 3.05) is 0 Å². The maximum atomic E-state index is 2.31. The van der Waals surface area contributed by atoms with Gasteiger partial charge in [0.15, 0.2) is 0 Å². The van der Waals surface area contributed by atoms with Crippen LogP contribution in [0, 0.1) is 0 Å². The van der Waals surface area contributed by atoms with E-state index in [9.17, 15) is 0 Å². The van der Waals surface area contributed by atoms with Gasteiger partial charge in [-0.2, -0.15) is 0 Å². The second kappa shape index (κ2) is 60.6. The molecular weight excluding hydrogens is 334 g/mol. The summed E-state index contributed by atoms with van der Waals surface area (Å²) in [6.07, 6.45) is 0. The van der Waals surface area contributed by atoms with E-state index in [1.54, 1.807) is 0 Å². The molecule has 0 heterocycles. The molecule has 0 aromatic carbocycles. The Morgan fingerprint density at radius 2 is 0.667 bits per heavy atom. The SMILES string of the molecule is C[As].C[As].[Br-].[Br-]. The van der Waals surface area contributed by atoms with Crippen molar-refractivity contribution in [2.45, 2.75) is 11.4 Å². The van der Waals surface area contributed by atoms with Crippen molar-refractivity contribution in [1.82, 2.24) is 0 Å². The van der Waals surface area contributed by atoms with Gasteiger partial charge in [0.25, 0.3) is 0 Å². The van der Waals surface area contributed by atoms with Crippen LogP contribution in [0.1, 0.15) is 0 Å². The normalized spacial score (nSPS) is 2.00. The number of hydrogen-bond donors (Lipinski definition) is 0. The summed E-state index contributed by atoms with van der Waals surface area (Å²) >= 11 is 4.62. The Morgan fingerprint density at radius 1 is 0.667 bits per heavy atom. The molecule has 6 heavy (non-hydrogen) atoms. The van der Waals surface area contributed by atoms with Crippen LogP contribution in [0.25, 0.3) is 0 Å². The standard InChI is InChI=1S/2CH3As.2BrH/c2*1-2;;/h2*1H3;2*1H/p-2. The summed E-state index contributed by atoms with van der Waals surface area (Å²) in [5, 5.41) is 0. The minimum absolute atomic E-state index is 0. The summed E-state index contributed by atoms with van der Waals surface area (Å²) in [4.78, 5) is 0. The molecule has 0 saturated carbocycles. The molecule has 0 aliphatic rings. The molecule has 0 unspecified atom stereocenters. The first-order valence-electron chi connectivity index (χ1n) is 0.894. The van der Waals surface area contributed by atoms with Gasteiger partial charge in [-0.15, -0.1) is 0 Å². The molecule has 0 aromatic heterocycles. The Morgan fingerprint density at radius 3 is 0.667 bits per heavy atom. The third kappa shape index (κ3) is 36.3. The zero-order valence-corrected chi connectivity index (χ0v) is 10.6. The molecule has 0 saturated heterocycles. The molecule has 0 aliphatic carbocycles. The number of rotatable bonds is 0. The van der Waals surface area contributed by atoms with Crippen LogP contribution in [0.2, 0.25) is 11.4 Å². The van der Waals surface area contributed by atoms with Crippen molar-refractivity contribution in [3.8, 4) is 0 Å². The van der Waals surface area contributed by atoms with Gasteiger partial charge in [-0.1, -0.05) is 0 Å². The predicted octanol–water partition coefficient (Wildman–Crippen LogP) is -5.59. The first-order chi connectivity index (χ1) is 2.00. The van der Waals surface area contributed by atoms with E-state index in [-0.39, 0.29) is 34.0 Å². The molecule has 0 amide bonds. The van der Waals surface area contributed by atoms with Gasteiger partial charge in [-0.3, -0.25) is 0 Å². The smallest absolute Gasteiger partial charge is 1.00 e. The van der Waals surface area contributed by atoms with Crippen molar-refractivity contribution < 1.29 is 34.0 Å². The molecule has 0 aliphatic heterocycles. The number of hydrogen-bond acceptors (Lipinski definition) is 0. The Bertz CT molecular complexity index is 9.51. The summed E-state index contributed by atoms with van der Waals surface area (Å²) in [7, 11) is 0. The van der Waals surface area contributed by atoms with E-state index >= 15 is 0 Å². The van der Waals surface area contributed by atoms with Crippen LogP contribution in [0.3, 0.4) is 0 Å². The van der Waals surface area contributed by atoms with Gasteiger partial charge in [-0.25, -0.2) is 0 Å². The molecule has 4 heteroatoms. The molecule has 0 aromatic rings. The van der Waals surface area contributed by atoms with E-state index in [2.05, 4.69) is 33.7 Å². The predicted molar refractivity (Wildman–Crippen MR) is 23.2 cm³/mol. The van der Waals surface area contributed by atoms with Crippen molar-refractivity contribution in [3.63, 3.8) is 0 Å². The van der Waals surface area contributed by atoms with Crippen molar-refractivity contribution in [1.29, 1.82) is 0 Å². The van der Waals surface area contributed by atoms with E-state index in [0.29, 0.717) is 0 Å². The molecule has 4 radical (unpaired) electrons. The molecule has 0 rings (SSSR count). The third-order valence-electron chi connectivity index (χ3n) is 0. The van der Waals surface area contributed by atoms with Gasteiger partial charge in [0.1, 0.15) is 0 Å². The van der Waals surface area contributed by atoms with Crippen LogP contribution in [-0.2, 0) is 0 Å². The fourth-order valence-corrected chi connectivity index (χ4v) is 0. The minimum Gasteiger partial charge on any atom is -1.00 e. The molecule has 40 valence electrons. The van der Waals surface area contributed by atoms with E-state index in [1.807, 2.05) is 11.4 Å². The van der Waals surface area contributed by atoms with Crippen LogP contribution in [0.15, 0.2) is 0 Å². The summed E-state index contributed by atoms with van der Waals surface area (Å²) in [6.45, 7) is 0. The van der Waals surface area contributed by atoms with Crippen LogP contribution in [0.4, 0.5) is 0 Å². The van der Waals surface area contributed by atoms with Crippen LogP contribution >= 0.6 is 0 Å². The monoisotopic (exact) mass is 338 g/mol. The minimum atomic E-state index is 0. The molecule has 0 N–H and O–H groups in total. The number of halogens is 2. The second-order valence-corrected chi connectivity index (χ2v) is 0. The van der Waals surface area contributed by atoms with Crippen LogP contribution in [-0.4, -0.2) is 33.7 Å². The molecule has 0 atom stereocenters. The first-order valence-corrected chi connectivity index (χ1v) is 4.65. The third-order valence-corrected chi connectivity index (χ3v) is 0. The zero-order chi connectivity index (χ0) is 4.00. The molecule has 0 spiro atoms. The van der Waals surface area contributed by atoms with Gasteiger partial charge in [0.05, 0.1) is 0 Å². The molecule has 0 bridgehead atoms. The molecule has 0 nitrogen and oxygen atoms in total. The van der Waals surface area contributed by atoms with E-state index in [0.717, 1.165) is 0 Å². The van der Waals surface area contributed by atoms with Gasteiger partial charge < -0.3 is 34.0 Å². The van der Waals surface area contributed by atoms with Gasteiger partial charge in [0, 0.05) is 0 Å². The summed E-state index contributed by atoms with van der Waals surface area (Å²) in [5.41, 5.74) is 3.88. The maximum absolute atomic E-state index is 2.31. The maximum Gasteiger partial charge on any atom is -1.00 e. The van der Waals surface area contributed by atoms with Crippen molar-refractivity contribution in [2.24, 2.45) is 0 Å². The quantitative estimate of drug-likeness (QED) is 0.386. The average molecular weight is 340 g/mol. The Labute approximate surface area is 78.4 Å². The van der Waals surface area contributed by atoms with E-state index in [4.69, 9.17) is 0 Å². The van der Waals surface area contributed by atoms with Crippen molar-refractivity contribution in [3.05, 3.63) is 0 Å². The fourth-order valence-electron chi connectivity index (χ4n) is 0. The van der Waals surface area contributed by atoms with Crippen molar-refractivity contribution >= 4 is 33.7 Å². The molecule has 0 fully saturated rings. The summed E-state index contributed by atoms with van der Waals surface area (Å²) < 4.78 is 0. The van der Waals surface area contributed by atoms with Gasteiger partial charge in [-0.05, 0) is 0 Å². The summed E-state index contributed by atoms with van der Waals surface area (Å²) in [5.74, 6) is 0. The average Bonchev–Trinajstić information content (AvgIpc) is 1.50. The molecular formula is C2H6As2Br2-2. The second-order valence-electron chi connectivity index (χ2n) is 0. The first kappa shape index (κ1) is 24.3. The topological polar surface area (TPSA) is 0 Å². The van der Waals surface area contributed by atoms with Gasteiger partial charge in [0.2, 0.25) is 0 Å². The Balaban J connectivity index is -0.00000000500. The Kier molecular flexibility index (Phi) is 246. The zero-order valence-electron chi connectivity index (χ0n) is 3.65. The van der Waals surface area contributed by atoms with E-state index in [1.165, 1.54) is 0 Å². The largest absolute Gasteiger partial charge is 1.00 e. The van der Waals surface area contributed by atoms with Gasteiger partial charge >= 0.3 is 45.1 Å². The Hall–Kier alpha value is 2.08. The van der Waals surface area contributed by atoms with E-state index < -0.39 is 0 Å². The van der Waals surface area contributed by atoms with Crippen LogP contribution < -0.4 is 34.0 Å². The summed E-state index contributed by atoms with van der Waals surface area (Å²) in [6, 6.07) is 0. The fraction of sp³-hybridized carbons (Fsp3) is 1.00. The van der Waals surface area contributed by atoms with Crippen LogP contribution in [0.5, 0.6) is 0 Å².